The molecule has 12 heteroatoms. The second kappa shape index (κ2) is 9.03. The van der Waals surface area contributed by atoms with E-state index in [2.05, 4.69) is 21.0 Å². The first-order valence-electron chi connectivity index (χ1n) is 11.9. The van der Waals surface area contributed by atoms with Gasteiger partial charge in [0, 0.05) is 61.6 Å². The summed E-state index contributed by atoms with van der Waals surface area (Å²) in [5.74, 6) is 0.0761. The van der Waals surface area contributed by atoms with Crippen molar-refractivity contribution < 1.29 is 21.9 Å². The summed E-state index contributed by atoms with van der Waals surface area (Å²) in [5.41, 5.74) is 3.76. The standard InChI is InChI=1S/C25H24F2N6O3S/c1-37(34,35)9-7-31-12-18(13-31)16-2-4-20-23(10-16)36-8-6-17-14-32(30-24(17)20)25-28-15-29-33(25)22-5-3-19(26)11-21(22)27/h2-5,10-11,14-15,18H,6-9,12-13H2,1H3. The highest BCUT2D eigenvalue weighted by atomic mass is 32.2. The van der Waals surface area contributed by atoms with Gasteiger partial charge in [0.2, 0.25) is 0 Å². The van der Waals surface area contributed by atoms with Gasteiger partial charge in [0.15, 0.2) is 5.82 Å². The van der Waals surface area contributed by atoms with Gasteiger partial charge in [0.05, 0.1) is 18.1 Å². The number of benzene rings is 2. The lowest BCUT2D eigenvalue weighted by molar-refractivity contribution is 0.158. The minimum absolute atomic E-state index is 0.0686. The summed E-state index contributed by atoms with van der Waals surface area (Å²) in [7, 11) is -2.97. The number of sulfone groups is 1. The highest BCUT2D eigenvalue weighted by molar-refractivity contribution is 7.90. The van der Waals surface area contributed by atoms with E-state index in [-0.39, 0.29) is 17.4 Å². The van der Waals surface area contributed by atoms with Gasteiger partial charge in [-0.15, -0.1) is 0 Å². The van der Waals surface area contributed by atoms with Crippen LogP contribution in [0, 0.1) is 11.6 Å². The molecule has 0 aliphatic carbocycles. The van der Waals surface area contributed by atoms with Gasteiger partial charge in [0.1, 0.15) is 33.4 Å². The zero-order valence-electron chi connectivity index (χ0n) is 20.0. The van der Waals surface area contributed by atoms with E-state index in [0.29, 0.717) is 25.5 Å². The molecule has 37 heavy (non-hydrogen) atoms. The van der Waals surface area contributed by atoms with Gasteiger partial charge in [-0.3, -0.25) is 0 Å². The molecule has 6 rings (SSSR count). The van der Waals surface area contributed by atoms with Crippen LogP contribution in [0.1, 0.15) is 17.0 Å². The van der Waals surface area contributed by atoms with Crippen molar-refractivity contribution in [3.05, 3.63) is 71.7 Å². The molecule has 4 heterocycles. The Labute approximate surface area is 212 Å². The number of fused-ring (bicyclic) bond motifs is 3. The zero-order chi connectivity index (χ0) is 25.7. The number of hydrogen-bond acceptors (Lipinski definition) is 7. The van der Waals surface area contributed by atoms with E-state index in [4.69, 9.17) is 9.84 Å². The van der Waals surface area contributed by atoms with Crippen molar-refractivity contribution >= 4 is 9.84 Å². The van der Waals surface area contributed by atoms with Gasteiger partial charge in [-0.05, 0) is 29.8 Å². The van der Waals surface area contributed by atoms with Crippen LogP contribution in [0.2, 0.25) is 0 Å². The maximum absolute atomic E-state index is 14.4. The Morgan fingerprint density at radius 2 is 1.97 bits per heavy atom. The predicted molar refractivity (Wildman–Crippen MR) is 132 cm³/mol. The first-order valence-corrected chi connectivity index (χ1v) is 13.9. The van der Waals surface area contributed by atoms with E-state index in [9.17, 15) is 17.2 Å². The maximum atomic E-state index is 14.4. The van der Waals surface area contributed by atoms with Gasteiger partial charge in [0.25, 0.3) is 5.95 Å². The minimum Gasteiger partial charge on any atom is -0.493 e. The molecular weight excluding hydrogens is 502 g/mol. The molecule has 2 aliphatic heterocycles. The smallest absolute Gasteiger partial charge is 0.253 e. The first kappa shape index (κ1) is 23.7. The van der Waals surface area contributed by atoms with Gasteiger partial charge < -0.3 is 9.64 Å². The van der Waals surface area contributed by atoms with E-state index in [1.165, 1.54) is 29.4 Å². The second-order valence-corrected chi connectivity index (χ2v) is 11.7. The third-order valence-electron chi connectivity index (χ3n) is 6.76. The first-order chi connectivity index (χ1) is 17.7. The Hall–Kier alpha value is -3.64. The third-order valence-corrected chi connectivity index (χ3v) is 7.68. The largest absolute Gasteiger partial charge is 0.493 e. The summed E-state index contributed by atoms with van der Waals surface area (Å²) in [6.45, 7) is 2.64. The van der Waals surface area contributed by atoms with Crippen molar-refractivity contribution in [2.45, 2.75) is 12.3 Å². The van der Waals surface area contributed by atoms with Crippen LogP contribution in [0.25, 0.3) is 22.9 Å². The number of hydrogen-bond donors (Lipinski definition) is 0. The number of likely N-dealkylation sites (tertiary alicyclic amines) is 1. The topological polar surface area (TPSA) is 95.1 Å². The van der Waals surface area contributed by atoms with Crippen LogP contribution in [0.4, 0.5) is 8.78 Å². The lowest BCUT2D eigenvalue weighted by Crippen LogP contribution is -2.46. The van der Waals surface area contributed by atoms with Crippen LogP contribution in [-0.2, 0) is 16.3 Å². The Bertz CT molecular complexity index is 1590. The van der Waals surface area contributed by atoms with Crippen molar-refractivity contribution in [1.29, 1.82) is 0 Å². The fraction of sp³-hybridized carbons (Fsp3) is 0.320. The van der Waals surface area contributed by atoms with Gasteiger partial charge >= 0.3 is 0 Å². The summed E-state index contributed by atoms with van der Waals surface area (Å²) < 4.78 is 59.6. The molecule has 4 aromatic rings. The molecule has 0 amide bonds. The van der Waals surface area contributed by atoms with Crippen LogP contribution < -0.4 is 4.74 Å². The van der Waals surface area contributed by atoms with Crippen molar-refractivity contribution in [2.24, 2.45) is 0 Å². The number of halogens is 2. The number of rotatable bonds is 6. The molecular formula is C25H24F2N6O3S. The summed E-state index contributed by atoms with van der Waals surface area (Å²) >= 11 is 0. The molecule has 2 aliphatic rings. The van der Waals surface area contributed by atoms with E-state index in [1.54, 1.807) is 4.68 Å². The van der Waals surface area contributed by atoms with Gasteiger partial charge in [-0.2, -0.15) is 19.9 Å². The molecule has 0 bridgehead atoms. The molecule has 0 atom stereocenters. The van der Waals surface area contributed by atoms with Crippen molar-refractivity contribution in [3.8, 4) is 28.6 Å². The lowest BCUT2D eigenvalue weighted by atomic mass is 9.90. The monoisotopic (exact) mass is 526 g/mol. The Morgan fingerprint density at radius 3 is 2.76 bits per heavy atom. The van der Waals surface area contributed by atoms with E-state index in [1.807, 2.05) is 18.3 Å². The molecule has 0 spiro atoms. The maximum Gasteiger partial charge on any atom is 0.253 e. The molecule has 2 aromatic carbocycles. The predicted octanol–water partition coefficient (Wildman–Crippen LogP) is 2.78. The fourth-order valence-electron chi connectivity index (χ4n) is 4.77. The second-order valence-electron chi connectivity index (χ2n) is 9.46. The van der Waals surface area contributed by atoms with Gasteiger partial charge in [-0.1, -0.05) is 6.07 Å². The van der Waals surface area contributed by atoms with Crippen LogP contribution in [0.5, 0.6) is 5.75 Å². The Balaban J connectivity index is 1.27. The molecule has 0 radical (unpaired) electrons. The molecule has 0 unspecified atom stereocenters. The fourth-order valence-corrected chi connectivity index (χ4v) is 5.36. The Morgan fingerprint density at radius 1 is 1.14 bits per heavy atom. The minimum atomic E-state index is -2.97. The summed E-state index contributed by atoms with van der Waals surface area (Å²) in [6.07, 6.45) is 5.01. The van der Waals surface area contributed by atoms with E-state index >= 15 is 0 Å². The number of aromatic nitrogens is 5. The van der Waals surface area contributed by atoms with Crippen LogP contribution in [-0.4, -0.2) is 76.1 Å². The van der Waals surface area contributed by atoms with Crippen molar-refractivity contribution in [3.63, 3.8) is 0 Å². The normalized spacial score (nSPS) is 16.0. The lowest BCUT2D eigenvalue weighted by Gasteiger charge is -2.39. The van der Waals surface area contributed by atoms with Crippen LogP contribution in [0.3, 0.4) is 0 Å². The molecule has 1 fully saturated rings. The summed E-state index contributed by atoms with van der Waals surface area (Å²) in [5, 5.41) is 8.87. The highest BCUT2D eigenvalue weighted by Gasteiger charge is 2.30. The number of nitrogens with zero attached hydrogens (tertiary/aromatic N) is 6. The van der Waals surface area contributed by atoms with Crippen LogP contribution >= 0.6 is 0 Å². The number of ether oxygens (including phenoxy) is 1. The highest BCUT2D eigenvalue weighted by Crippen LogP contribution is 2.38. The molecule has 2 aromatic heterocycles. The average molecular weight is 527 g/mol. The van der Waals surface area contributed by atoms with Crippen molar-refractivity contribution in [1.82, 2.24) is 29.4 Å². The van der Waals surface area contributed by atoms with Crippen molar-refractivity contribution in [2.75, 3.05) is 38.2 Å². The van der Waals surface area contributed by atoms with Crippen LogP contribution in [0.15, 0.2) is 48.9 Å². The third kappa shape index (κ3) is 4.62. The van der Waals surface area contributed by atoms with E-state index < -0.39 is 21.5 Å². The molecule has 0 N–H and O–H groups in total. The molecule has 1 saturated heterocycles. The average Bonchev–Trinajstić information content (AvgIpc) is 3.41. The zero-order valence-corrected chi connectivity index (χ0v) is 20.8. The molecule has 0 saturated carbocycles. The van der Waals surface area contributed by atoms with Gasteiger partial charge in [-0.25, -0.2) is 21.9 Å². The quantitative estimate of drug-likeness (QED) is 0.381. The summed E-state index contributed by atoms with van der Waals surface area (Å²) in [4.78, 5) is 6.40. The SMILES string of the molecule is CS(=O)(=O)CCN1CC(c2ccc3c(c2)OCCc2cn(-c4ncnn4-c4ccc(F)cc4F)nc2-3)C1. The molecule has 9 nitrogen and oxygen atoms in total. The Kier molecular flexibility index (Phi) is 5.80. The summed E-state index contributed by atoms with van der Waals surface area (Å²) in [6, 6.07) is 9.38. The molecule has 192 valence electrons. The van der Waals surface area contributed by atoms with E-state index in [0.717, 1.165) is 47.3 Å².